The first-order chi connectivity index (χ1) is 8.86. The maximum atomic E-state index is 5.27. The molecule has 92 valence electrons. The van der Waals surface area contributed by atoms with Crippen LogP contribution in [0.15, 0.2) is 29.1 Å². The molecule has 3 aromatic heterocycles. The number of fused-ring (bicyclic) bond motifs is 1. The number of hydrogen-bond acceptors (Lipinski definition) is 5. The van der Waals surface area contributed by atoms with Crippen LogP contribution in [-0.2, 0) is 13.0 Å². The Morgan fingerprint density at radius 2 is 2.33 bits per heavy atom. The molecule has 18 heavy (non-hydrogen) atoms. The highest BCUT2D eigenvalue weighted by molar-refractivity contribution is 5.82. The number of aromatic amines is 1. The predicted molar refractivity (Wildman–Crippen MR) is 67.1 cm³/mol. The van der Waals surface area contributed by atoms with E-state index in [1.165, 1.54) is 0 Å². The van der Waals surface area contributed by atoms with Gasteiger partial charge in [0.15, 0.2) is 11.5 Å². The van der Waals surface area contributed by atoms with Crippen molar-refractivity contribution in [2.75, 3.05) is 5.32 Å². The van der Waals surface area contributed by atoms with Gasteiger partial charge >= 0.3 is 0 Å². The first kappa shape index (κ1) is 10.8. The molecule has 3 rings (SSSR count). The van der Waals surface area contributed by atoms with E-state index in [1.54, 1.807) is 12.6 Å². The van der Waals surface area contributed by atoms with Gasteiger partial charge in [-0.3, -0.25) is 0 Å². The summed E-state index contributed by atoms with van der Waals surface area (Å²) in [6.45, 7) is 2.60. The first-order valence-electron chi connectivity index (χ1n) is 5.83. The van der Waals surface area contributed by atoms with Crippen molar-refractivity contribution in [2.24, 2.45) is 0 Å². The average Bonchev–Trinajstić information content (AvgIpc) is 3.06. The van der Waals surface area contributed by atoms with E-state index in [-0.39, 0.29) is 0 Å². The molecule has 0 spiro atoms. The minimum Gasteiger partial charge on any atom is -0.467 e. The lowest BCUT2D eigenvalue weighted by Crippen LogP contribution is -2.04. The molecular formula is C12H13N5O. The van der Waals surface area contributed by atoms with Crippen LogP contribution in [0, 0.1) is 0 Å². The Labute approximate surface area is 103 Å². The third-order valence-corrected chi connectivity index (χ3v) is 2.65. The molecule has 6 nitrogen and oxygen atoms in total. The Balaban J connectivity index is 1.92. The molecule has 2 N–H and O–H groups in total. The van der Waals surface area contributed by atoms with E-state index in [0.717, 1.165) is 35.0 Å². The van der Waals surface area contributed by atoms with Crippen LogP contribution in [-0.4, -0.2) is 19.9 Å². The summed E-state index contributed by atoms with van der Waals surface area (Å²) in [5.74, 6) is 2.37. The van der Waals surface area contributed by atoms with Gasteiger partial charge in [0.2, 0.25) is 0 Å². The van der Waals surface area contributed by atoms with Crippen LogP contribution in [0.3, 0.4) is 0 Å². The minimum atomic E-state index is 0.578. The standard InChI is InChI=1S/C12H13N5O/c1-2-9-16-11(10-12(17-9)15-7-14-10)13-6-8-4-3-5-18-8/h3-5,7H,2,6H2,1H3,(H2,13,14,15,16,17). The molecule has 0 aliphatic heterocycles. The average molecular weight is 243 g/mol. The molecule has 6 heteroatoms. The Hall–Kier alpha value is -2.37. The van der Waals surface area contributed by atoms with Gasteiger partial charge in [-0.25, -0.2) is 15.0 Å². The summed E-state index contributed by atoms with van der Waals surface area (Å²) in [5, 5.41) is 3.22. The maximum Gasteiger partial charge on any atom is 0.163 e. The Morgan fingerprint density at radius 1 is 1.39 bits per heavy atom. The molecule has 0 aromatic carbocycles. The molecule has 3 aromatic rings. The summed E-state index contributed by atoms with van der Waals surface area (Å²) in [6, 6.07) is 3.77. The van der Waals surface area contributed by atoms with E-state index >= 15 is 0 Å². The first-order valence-corrected chi connectivity index (χ1v) is 5.83. The van der Waals surface area contributed by atoms with E-state index < -0.39 is 0 Å². The number of hydrogen-bond donors (Lipinski definition) is 2. The number of imidazole rings is 1. The van der Waals surface area contributed by atoms with Gasteiger partial charge in [-0.2, -0.15) is 0 Å². The third-order valence-electron chi connectivity index (χ3n) is 2.65. The van der Waals surface area contributed by atoms with Crippen molar-refractivity contribution in [1.29, 1.82) is 0 Å². The van der Waals surface area contributed by atoms with Crippen molar-refractivity contribution < 1.29 is 4.42 Å². The van der Waals surface area contributed by atoms with Crippen molar-refractivity contribution in [2.45, 2.75) is 19.9 Å². The molecule has 0 fully saturated rings. The van der Waals surface area contributed by atoms with Crippen LogP contribution in [0.1, 0.15) is 18.5 Å². The highest BCUT2D eigenvalue weighted by atomic mass is 16.3. The second-order valence-electron chi connectivity index (χ2n) is 3.87. The maximum absolute atomic E-state index is 5.27. The molecule has 0 atom stereocenters. The number of rotatable bonds is 4. The number of aryl methyl sites for hydroxylation is 1. The lowest BCUT2D eigenvalue weighted by molar-refractivity contribution is 0.518. The quantitative estimate of drug-likeness (QED) is 0.733. The van der Waals surface area contributed by atoms with Gasteiger partial charge in [-0.15, -0.1) is 0 Å². The van der Waals surface area contributed by atoms with Crippen LogP contribution in [0.25, 0.3) is 11.2 Å². The Bertz CT molecular complexity index is 644. The van der Waals surface area contributed by atoms with Crippen molar-refractivity contribution in [3.8, 4) is 0 Å². The molecule has 0 amide bonds. The van der Waals surface area contributed by atoms with E-state index in [1.807, 2.05) is 19.1 Å². The summed E-state index contributed by atoms with van der Waals surface area (Å²) in [5.41, 5.74) is 1.50. The lowest BCUT2D eigenvalue weighted by atomic mass is 10.4. The summed E-state index contributed by atoms with van der Waals surface area (Å²) >= 11 is 0. The van der Waals surface area contributed by atoms with E-state index in [9.17, 15) is 0 Å². The Morgan fingerprint density at radius 3 is 3.11 bits per heavy atom. The SMILES string of the molecule is CCc1nc(NCc2ccco2)c2nc[nH]c2n1. The lowest BCUT2D eigenvalue weighted by Gasteiger charge is -2.05. The molecule has 0 radical (unpaired) electrons. The van der Waals surface area contributed by atoms with Crippen molar-refractivity contribution in [3.05, 3.63) is 36.3 Å². The van der Waals surface area contributed by atoms with Crippen LogP contribution in [0.2, 0.25) is 0 Å². The minimum absolute atomic E-state index is 0.578. The molecule has 0 saturated heterocycles. The fourth-order valence-corrected chi connectivity index (χ4v) is 1.75. The summed E-state index contributed by atoms with van der Waals surface area (Å²) in [4.78, 5) is 16.0. The van der Waals surface area contributed by atoms with E-state index in [4.69, 9.17) is 4.42 Å². The number of nitrogens with one attached hydrogen (secondary N) is 2. The topological polar surface area (TPSA) is 79.6 Å². The number of H-pyrrole nitrogens is 1. The predicted octanol–water partition coefficient (Wildman–Crippen LogP) is 2.12. The smallest absolute Gasteiger partial charge is 0.163 e. The van der Waals surface area contributed by atoms with Crippen molar-refractivity contribution in [3.63, 3.8) is 0 Å². The Kier molecular flexibility index (Phi) is 2.68. The zero-order valence-corrected chi connectivity index (χ0v) is 9.97. The molecule has 0 aliphatic carbocycles. The van der Waals surface area contributed by atoms with Gasteiger partial charge in [-0.1, -0.05) is 6.92 Å². The zero-order valence-electron chi connectivity index (χ0n) is 9.97. The molecular weight excluding hydrogens is 230 g/mol. The highest BCUT2D eigenvalue weighted by Gasteiger charge is 2.09. The fraction of sp³-hybridized carbons (Fsp3) is 0.250. The largest absolute Gasteiger partial charge is 0.467 e. The number of anilines is 1. The van der Waals surface area contributed by atoms with Crippen LogP contribution < -0.4 is 5.32 Å². The number of nitrogens with zero attached hydrogens (tertiary/aromatic N) is 3. The second kappa shape index (κ2) is 4.48. The number of furan rings is 1. The normalized spacial score (nSPS) is 10.9. The third kappa shape index (κ3) is 1.92. The fourth-order valence-electron chi connectivity index (χ4n) is 1.75. The molecule has 0 saturated carbocycles. The van der Waals surface area contributed by atoms with Gasteiger partial charge in [0.25, 0.3) is 0 Å². The summed E-state index contributed by atoms with van der Waals surface area (Å²) in [7, 11) is 0. The summed E-state index contributed by atoms with van der Waals surface area (Å²) in [6.07, 6.45) is 4.06. The molecule has 0 bridgehead atoms. The molecule has 0 aliphatic rings. The summed E-state index contributed by atoms with van der Waals surface area (Å²) < 4.78 is 5.27. The van der Waals surface area contributed by atoms with Gasteiger partial charge in [0.05, 0.1) is 19.1 Å². The van der Waals surface area contributed by atoms with Crippen LogP contribution in [0.4, 0.5) is 5.82 Å². The molecule has 3 heterocycles. The van der Waals surface area contributed by atoms with Gasteiger partial charge in [-0.05, 0) is 12.1 Å². The zero-order chi connectivity index (χ0) is 12.4. The monoisotopic (exact) mass is 243 g/mol. The van der Waals surface area contributed by atoms with Crippen molar-refractivity contribution >= 4 is 17.0 Å². The molecule has 0 unspecified atom stereocenters. The van der Waals surface area contributed by atoms with Gasteiger partial charge < -0.3 is 14.7 Å². The van der Waals surface area contributed by atoms with E-state index in [2.05, 4.69) is 25.3 Å². The van der Waals surface area contributed by atoms with Gasteiger partial charge in [0.1, 0.15) is 17.1 Å². The highest BCUT2D eigenvalue weighted by Crippen LogP contribution is 2.17. The second-order valence-corrected chi connectivity index (χ2v) is 3.87. The van der Waals surface area contributed by atoms with E-state index in [0.29, 0.717) is 6.54 Å². The van der Waals surface area contributed by atoms with Crippen LogP contribution in [0.5, 0.6) is 0 Å². The van der Waals surface area contributed by atoms with Crippen LogP contribution >= 0.6 is 0 Å². The van der Waals surface area contributed by atoms with Gasteiger partial charge in [0, 0.05) is 6.42 Å². The number of aromatic nitrogens is 4. The van der Waals surface area contributed by atoms with Crippen molar-refractivity contribution in [1.82, 2.24) is 19.9 Å².